The first-order valence-electron chi connectivity index (χ1n) is 6.72. The summed E-state index contributed by atoms with van der Waals surface area (Å²) in [5.74, 6) is 0. The zero-order chi connectivity index (χ0) is 13.4. The van der Waals surface area contributed by atoms with Gasteiger partial charge in [-0.2, -0.15) is 0 Å². The van der Waals surface area contributed by atoms with Gasteiger partial charge >= 0.3 is 0 Å². The van der Waals surface area contributed by atoms with Crippen LogP contribution in [0.1, 0.15) is 20.8 Å². The van der Waals surface area contributed by atoms with Crippen LogP contribution in [-0.2, 0) is 4.74 Å². The third-order valence-corrected chi connectivity index (χ3v) is 3.28. The van der Waals surface area contributed by atoms with E-state index in [0.29, 0.717) is 12.1 Å². The number of hydrogen-bond donors (Lipinski definition) is 1. The van der Waals surface area contributed by atoms with Gasteiger partial charge in [0, 0.05) is 31.4 Å². The summed E-state index contributed by atoms with van der Waals surface area (Å²) in [5.41, 5.74) is 1.18. The summed E-state index contributed by atoms with van der Waals surface area (Å²) in [6.07, 6.45) is 0. The van der Waals surface area contributed by atoms with Crippen LogP contribution in [0.2, 0.25) is 0 Å². The third kappa shape index (κ3) is 4.67. The van der Waals surface area contributed by atoms with Crippen molar-refractivity contribution in [2.45, 2.75) is 32.9 Å². The molecule has 1 N–H and O–H groups in total. The van der Waals surface area contributed by atoms with E-state index in [9.17, 15) is 0 Å². The summed E-state index contributed by atoms with van der Waals surface area (Å²) >= 11 is 0. The Bertz CT molecular complexity index is 316. The van der Waals surface area contributed by atoms with E-state index in [-0.39, 0.29) is 0 Å². The van der Waals surface area contributed by atoms with E-state index in [0.717, 1.165) is 19.7 Å². The Morgan fingerprint density at radius 2 is 1.83 bits per heavy atom. The van der Waals surface area contributed by atoms with E-state index in [4.69, 9.17) is 4.74 Å². The summed E-state index contributed by atoms with van der Waals surface area (Å²) in [6.45, 7) is 9.44. The fourth-order valence-electron chi connectivity index (χ4n) is 2.33. The topological polar surface area (TPSA) is 24.5 Å². The molecular formula is C15H26N2O. The maximum Gasteiger partial charge on any atom is 0.0615 e. The van der Waals surface area contributed by atoms with E-state index < -0.39 is 0 Å². The number of rotatable bonds is 8. The molecule has 2 unspecified atom stereocenters. The summed E-state index contributed by atoms with van der Waals surface area (Å²) < 4.78 is 5.24. The van der Waals surface area contributed by atoms with Crippen molar-refractivity contribution >= 4 is 5.69 Å². The predicted molar refractivity (Wildman–Crippen MR) is 78.1 cm³/mol. The van der Waals surface area contributed by atoms with Crippen LogP contribution < -0.4 is 5.32 Å². The van der Waals surface area contributed by atoms with Gasteiger partial charge in [-0.15, -0.1) is 0 Å². The molecule has 1 aromatic rings. The standard InChI is InChI=1S/C15H26N2O/c1-5-17(14(3)12-18-4)13(2)11-16-15-9-7-6-8-10-15/h6-10,13-14,16H,5,11-12H2,1-4H3. The van der Waals surface area contributed by atoms with Crippen molar-refractivity contribution in [1.82, 2.24) is 4.90 Å². The lowest BCUT2D eigenvalue weighted by Crippen LogP contribution is -2.45. The lowest BCUT2D eigenvalue weighted by molar-refractivity contribution is 0.0818. The highest BCUT2D eigenvalue weighted by Crippen LogP contribution is 2.09. The lowest BCUT2D eigenvalue weighted by atomic mass is 10.2. The molecule has 0 amide bonds. The molecule has 102 valence electrons. The van der Waals surface area contributed by atoms with Crippen LogP contribution in [0.15, 0.2) is 30.3 Å². The van der Waals surface area contributed by atoms with Gasteiger partial charge in [0.2, 0.25) is 0 Å². The summed E-state index contributed by atoms with van der Waals surface area (Å²) in [7, 11) is 1.76. The van der Waals surface area contributed by atoms with Crippen LogP contribution in [0, 0.1) is 0 Å². The van der Waals surface area contributed by atoms with Crippen molar-refractivity contribution in [2.75, 3.05) is 32.1 Å². The second kappa shape index (κ2) is 8.11. The first kappa shape index (κ1) is 15.0. The van der Waals surface area contributed by atoms with Gasteiger partial charge in [0.25, 0.3) is 0 Å². The van der Waals surface area contributed by atoms with E-state index in [2.05, 4.69) is 55.3 Å². The third-order valence-electron chi connectivity index (χ3n) is 3.28. The summed E-state index contributed by atoms with van der Waals surface area (Å²) in [4.78, 5) is 2.46. The van der Waals surface area contributed by atoms with Crippen LogP contribution in [0.4, 0.5) is 5.69 Å². The van der Waals surface area contributed by atoms with Gasteiger partial charge in [-0.05, 0) is 32.5 Å². The molecule has 2 atom stereocenters. The van der Waals surface area contributed by atoms with Crippen molar-refractivity contribution in [1.29, 1.82) is 0 Å². The molecule has 0 radical (unpaired) electrons. The van der Waals surface area contributed by atoms with Gasteiger partial charge in [0.1, 0.15) is 0 Å². The molecule has 0 saturated heterocycles. The van der Waals surface area contributed by atoms with Crippen molar-refractivity contribution in [3.8, 4) is 0 Å². The van der Waals surface area contributed by atoms with Gasteiger partial charge in [-0.25, -0.2) is 0 Å². The average Bonchev–Trinajstić information content (AvgIpc) is 2.39. The van der Waals surface area contributed by atoms with Gasteiger partial charge < -0.3 is 10.1 Å². The van der Waals surface area contributed by atoms with Crippen molar-refractivity contribution in [3.63, 3.8) is 0 Å². The number of benzene rings is 1. The molecule has 1 aromatic carbocycles. The second-order valence-corrected chi connectivity index (χ2v) is 4.73. The van der Waals surface area contributed by atoms with Gasteiger partial charge in [0.05, 0.1) is 6.61 Å². The maximum absolute atomic E-state index is 5.24. The fraction of sp³-hybridized carbons (Fsp3) is 0.600. The van der Waals surface area contributed by atoms with E-state index in [1.807, 2.05) is 6.07 Å². The second-order valence-electron chi connectivity index (χ2n) is 4.73. The highest BCUT2D eigenvalue weighted by Gasteiger charge is 2.17. The minimum absolute atomic E-state index is 0.451. The quantitative estimate of drug-likeness (QED) is 0.768. The number of methoxy groups -OCH3 is 1. The number of para-hydroxylation sites is 1. The van der Waals surface area contributed by atoms with Crippen LogP contribution in [-0.4, -0.2) is 43.8 Å². The monoisotopic (exact) mass is 250 g/mol. The van der Waals surface area contributed by atoms with Crippen LogP contribution in [0.25, 0.3) is 0 Å². The normalized spacial score (nSPS) is 14.5. The first-order chi connectivity index (χ1) is 8.69. The number of anilines is 1. The van der Waals surface area contributed by atoms with Crippen LogP contribution in [0.5, 0.6) is 0 Å². The van der Waals surface area contributed by atoms with E-state index >= 15 is 0 Å². The average molecular weight is 250 g/mol. The fourth-order valence-corrected chi connectivity index (χ4v) is 2.33. The Morgan fingerprint density at radius 1 is 1.17 bits per heavy atom. The Labute approximate surface area is 111 Å². The Balaban J connectivity index is 2.44. The van der Waals surface area contributed by atoms with Gasteiger partial charge in [-0.1, -0.05) is 25.1 Å². The highest BCUT2D eigenvalue weighted by molar-refractivity contribution is 5.42. The molecule has 0 bridgehead atoms. The number of hydrogen-bond acceptors (Lipinski definition) is 3. The van der Waals surface area contributed by atoms with Crippen LogP contribution in [0.3, 0.4) is 0 Å². The maximum atomic E-state index is 5.24. The molecule has 0 aromatic heterocycles. The predicted octanol–water partition coefficient (Wildman–Crippen LogP) is 2.84. The molecule has 0 spiro atoms. The Hall–Kier alpha value is -1.06. The minimum atomic E-state index is 0.451. The number of nitrogens with one attached hydrogen (secondary N) is 1. The molecule has 0 aliphatic rings. The van der Waals surface area contributed by atoms with Gasteiger partial charge in [0.15, 0.2) is 0 Å². The smallest absolute Gasteiger partial charge is 0.0615 e. The molecule has 0 aliphatic heterocycles. The number of ether oxygens (including phenoxy) is 1. The zero-order valence-corrected chi connectivity index (χ0v) is 12.0. The highest BCUT2D eigenvalue weighted by atomic mass is 16.5. The van der Waals surface area contributed by atoms with Gasteiger partial charge in [-0.3, -0.25) is 4.90 Å². The molecular weight excluding hydrogens is 224 g/mol. The summed E-state index contributed by atoms with van der Waals surface area (Å²) in [5, 5.41) is 3.47. The molecule has 0 aliphatic carbocycles. The SMILES string of the molecule is CCN(C(C)CNc1ccccc1)C(C)COC. The van der Waals surface area contributed by atoms with Crippen LogP contribution >= 0.6 is 0 Å². The van der Waals surface area contributed by atoms with E-state index in [1.54, 1.807) is 7.11 Å². The largest absolute Gasteiger partial charge is 0.383 e. The lowest BCUT2D eigenvalue weighted by Gasteiger charge is -2.33. The van der Waals surface area contributed by atoms with Crippen molar-refractivity contribution in [2.24, 2.45) is 0 Å². The molecule has 18 heavy (non-hydrogen) atoms. The van der Waals surface area contributed by atoms with E-state index in [1.165, 1.54) is 5.69 Å². The molecule has 1 rings (SSSR count). The molecule has 3 nitrogen and oxygen atoms in total. The molecule has 0 fully saturated rings. The summed E-state index contributed by atoms with van der Waals surface area (Å²) in [6, 6.07) is 11.3. The Kier molecular flexibility index (Phi) is 6.76. The molecule has 0 heterocycles. The van der Waals surface area contributed by atoms with Crippen molar-refractivity contribution < 1.29 is 4.74 Å². The Morgan fingerprint density at radius 3 is 2.39 bits per heavy atom. The minimum Gasteiger partial charge on any atom is -0.383 e. The van der Waals surface area contributed by atoms with Crippen molar-refractivity contribution in [3.05, 3.63) is 30.3 Å². The molecule has 3 heteroatoms. The molecule has 0 saturated carbocycles. The number of nitrogens with zero attached hydrogens (tertiary/aromatic N) is 1. The number of likely N-dealkylation sites (N-methyl/N-ethyl adjacent to an activating group) is 1. The zero-order valence-electron chi connectivity index (χ0n) is 12.0. The first-order valence-corrected chi connectivity index (χ1v) is 6.72.